The summed E-state index contributed by atoms with van der Waals surface area (Å²) in [4.78, 5) is 11.1. The van der Waals surface area contributed by atoms with Crippen LogP contribution in [0, 0.1) is 0 Å². The van der Waals surface area contributed by atoms with Crippen LogP contribution in [0.5, 0.6) is 0 Å². The van der Waals surface area contributed by atoms with Crippen molar-refractivity contribution in [1.29, 1.82) is 0 Å². The smallest absolute Gasteiger partial charge is 0.307 e. The quantitative estimate of drug-likeness (QED) is 0.558. The Labute approximate surface area is 87.8 Å². The molecule has 0 radical (unpaired) electrons. The van der Waals surface area contributed by atoms with Gasteiger partial charge in [-0.3, -0.25) is 4.79 Å². The summed E-state index contributed by atoms with van der Waals surface area (Å²) in [5, 5.41) is 0. The number of carbonyl (C=O) groups excluding carboxylic acids is 1. The van der Waals surface area contributed by atoms with E-state index < -0.39 is 0 Å². The second-order valence-electron chi connectivity index (χ2n) is 2.65. The molecule has 1 unspecified atom stereocenters. The molecule has 0 fully saturated rings. The molecule has 0 amide bonds. The number of hydrogen-bond donors (Lipinski definition) is 0. The second kappa shape index (κ2) is 5.75. The molecule has 3 nitrogen and oxygen atoms in total. The predicted octanol–water partition coefficient (Wildman–Crippen LogP) is 2.98. The summed E-state index contributed by atoms with van der Waals surface area (Å²) in [6.45, 7) is 3.79. The SMILES string of the molecule is CCSC(OC(=O)CC)c1ccco1. The van der Waals surface area contributed by atoms with E-state index in [1.807, 2.05) is 13.0 Å². The van der Waals surface area contributed by atoms with Gasteiger partial charge in [-0.15, -0.1) is 11.8 Å². The van der Waals surface area contributed by atoms with Gasteiger partial charge in [0.15, 0.2) is 5.76 Å². The largest absolute Gasteiger partial charge is 0.464 e. The Bertz CT molecular complexity index is 269. The molecule has 0 spiro atoms. The molecule has 1 heterocycles. The molecule has 0 N–H and O–H groups in total. The second-order valence-corrected chi connectivity index (χ2v) is 3.98. The van der Waals surface area contributed by atoms with Crippen LogP contribution in [-0.2, 0) is 9.53 Å². The van der Waals surface area contributed by atoms with E-state index in [1.54, 1.807) is 31.0 Å². The molecular formula is C10H14O3S. The summed E-state index contributed by atoms with van der Waals surface area (Å²) in [7, 11) is 0. The minimum atomic E-state index is -0.303. The lowest BCUT2D eigenvalue weighted by atomic mass is 10.4. The molecule has 78 valence electrons. The highest BCUT2D eigenvalue weighted by Crippen LogP contribution is 2.30. The molecule has 1 aromatic heterocycles. The van der Waals surface area contributed by atoms with Gasteiger partial charge in [0, 0.05) is 6.42 Å². The number of carbonyl (C=O) groups is 1. The van der Waals surface area contributed by atoms with Gasteiger partial charge in [-0.2, -0.15) is 0 Å². The molecular weight excluding hydrogens is 200 g/mol. The first-order chi connectivity index (χ1) is 6.77. The van der Waals surface area contributed by atoms with Gasteiger partial charge in [-0.05, 0) is 17.9 Å². The lowest BCUT2D eigenvalue weighted by molar-refractivity contribution is -0.145. The Morgan fingerprint density at radius 1 is 1.64 bits per heavy atom. The maximum Gasteiger partial charge on any atom is 0.307 e. The average molecular weight is 214 g/mol. The molecule has 14 heavy (non-hydrogen) atoms. The van der Waals surface area contributed by atoms with Crippen molar-refractivity contribution in [2.45, 2.75) is 25.7 Å². The Morgan fingerprint density at radius 2 is 2.43 bits per heavy atom. The number of esters is 1. The Morgan fingerprint density at radius 3 is 2.93 bits per heavy atom. The molecule has 1 aromatic rings. The van der Waals surface area contributed by atoms with E-state index in [2.05, 4.69) is 0 Å². The van der Waals surface area contributed by atoms with Crippen LogP contribution in [0.4, 0.5) is 0 Å². The summed E-state index contributed by atoms with van der Waals surface area (Å²) < 4.78 is 10.4. The van der Waals surface area contributed by atoms with Crippen LogP contribution in [0.1, 0.15) is 31.5 Å². The first-order valence-electron chi connectivity index (χ1n) is 4.62. The number of furan rings is 1. The van der Waals surface area contributed by atoms with E-state index in [0.29, 0.717) is 12.2 Å². The first kappa shape index (κ1) is 11.2. The van der Waals surface area contributed by atoms with Gasteiger partial charge in [0.05, 0.1) is 6.26 Å². The number of ether oxygens (including phenoxy) is 1. The molecule has 0 aromatic carbocycles. The van der Waals surface area contributed by atoms with Gasteiger partial charge >= 0.3 is 5.97 Å². The van der Waals surface area contributed by atoms with Crippen LogP contribution in [0.25, 0.3) is 0 Å². The van der Waals surface area contributed by atoms with Gasteiger partial charge in [-0.25, -0.2) is 0 Å². The summed E-state index contributed by atoms with van der Waals surface area (Å²) in [6.07, 6.45) is 1.97. The van der Waals surface area contributed by atoms with Crippen molar-refractivity contribution in [3.8, 4) is 0 Å². The summed E-state index contributed by atoms with van der Waals surface area (Å²) in [5.74, 6) is 1.37. The van der Waals surface area contributed by atoms with Crippen molar-refractivity contribution >= 4 is 17.7 Å². The van der Waals surface area contributed by atoms with Crippen LogP contribution < -0.4 is 0 Å². The highest BCUT2D eigenvalue weighted by molar-refractivity contribution is 7.99. The molecule has 0 saturated heterocycles. The fourth-order valence-corrected chi connectivity index (χ4v) is 1.73. The third kappa shape index (κ3) is 3.10. The number of rotatable bonds is 5. The minimum absolute atomic E-state index is 0.202. The fourth-order valence-electron chi connectivity index (χ4n) is 0.954. The van der Waals surface area contributed by atoms with Gasteiger partial charge in [-0.1, -0.05) is 13.8 Å². The zero-order valence-electron chi connectivity index (χ0n) is 8.36. The van der Waals surface area contributed by atoms with Crippen LogP contribution in [0.15, 0.2) is 22.8 Å². The van der Waals surface area contributed by atoms with E-state index in [9.17, 15) is 4.79 Å². The van der Waals surface area contributed by atoms with Gasteiger partial charge in [0.2, 0.25) is 5.44 Å². The van der Waals surface area contributed by atoms with Crippen molar-refractivity contribution < 1.29 is 13.9 Å². The summed E-state index contributed by atoms with van der Waals surface area (Å²) in [6, 6.07) is 3.61. The number of hydrogen-bond acceptors (Lipinski definition) is 4. The molecule has 0 aliphatic heterocycles. The van der Waals surface area contributed by atoms with E-state index in [-0.39, 0.29) is 11.4 Å². The molecule has 0 saturated carbocycles. The summed E-state index contributed by atoms with van der Waals surface area (Å²) >= 11 is 1.54. The average Bonchev–Trinajstić information content (AvgIpc) is 2.69. The van der Waals surface area contributed by atoms with Gasteiger partial charge < -0.3 is 9.15 Å². The van der Waals surface area contributed by atoms with Crippen molar-refractivity contribution in [1.82, 2.24) is 0 Å². The van der Waals surface area contributed by atoms with Crippen LogP contribution in [-0.4, -0.2) is 11.7 Å². The monoisotopic (exact) mass is 214 g/mol. The molecule has 0 aliphatic carbocycles. The lowest BCUT2D eigenvalue weighted by Gasteiger charge is -2.13. The van der Waals surface area contributed by atoms with E-state index in [1.165, 1.54) is 0 Å². The fraction of sp³-hybridized carbons (Fsp3) is 0.500. The molecule has 4 heteroatoms. The Hall–Kier alpha value is -0.900. The Balaban J connectivity index is 2.60. The third-order valence-electron chi connectivity index (χ3n) is 1.62. The van der Waals surface area contributed by atoms with Crippen molar-refractivity contribution in [2.75, 3.05) is 5.75 Å². The first-order valence-corrected chi connectivity index (χ1v) is 5.67. The molecule has 1 atom stereocenters. The van der Waals surface area contributed by atoms with E-state index >= 15 is 0 Å². The topological polar surface area (TPSA) is 39.4 Å². The standard InChI is InChI=1S/C10H14O3S/c1-3-9(11)13-10(14-4-2)8-6-5-7-12-8/h5-7,10H,3-4H2,1-2H3. The van der Waals surface area contributed by atoms with Gasteiger partial charge in [0.25, 0.3) is 0 Å². The van der Waals surface area contributed by atoms with Crippen LogP contribution >= 0.6 is 11.8 Å². The third-order valence-corrected chi connectivity index (χ3v) is 2.59. The van der Waals surface area contributed by atoms with E-state index in [4.69, 9.17) is 9.15 Å². The van der Waals surface area contributed by atoms with Crippen molar-refractivity contribution in [3.05, 3.63) is 24.2 Å². The van der Waals surface area contributed by atoms with Crippen LogP contribution in [0.2, 0.25) is 0 Å². The minimum Gasteiger partial charge on any atom is -0.464 e. The predicted molar refractivity (Wildman–Crippen MR) is 56.0 cm³/mol. The normalized spacial score (nSPS) is 12.4. The molecule has 1 rings (SSSR count). The highest BCUT2D eigenvalue weighted by Gasteiger charge is 2.17. The lowest BCUT2D eigenvalue weighted by Crippen LogP contribution is -2.07. The molecule has 0 bridgehead atoms. The van der Waals surface area contributed by atoms with Gasteiger partial charge in [0.1, 0.15) is 0 Å². The number of thioether (sulfide) groups is 1. The Kier molecular flexibility index (Phi) is 4.59. The maximum atomic E-state index is 11.1. The summed E-state index contributed by atoms with van der Waals surface area (Å²) in [5.41, 5.74) is -0.303. The van der Waals surface area contributed by atoms with Crippen molar-refractivity contribution in [2.24, 2.45) is 0 Å². The zero-order valence-corrected chi connectivity index (χ0v) is 9.17. The molecule has 0 aliphatic rings. The maximum absolute atomic E-state index is 11.1. The van der Waals surface area contributed by atoms with E-state index in [0.717, 1.165) is 5.75 Å². The highest BCUT2D eigenvalue weighted by atomic mass is 32.2. The zero-order chi connectivity index (χ0) is 10.4. The van der Waals surface area contributed by atoms with Crippen LogP contribution in [0.3, 0.4) is 0 Å². The van der Waals surface area contributed by atoms with Crippen molar-refractivity contribution in [3.63, 3.8) is 0 Å².